The highest BCUT2D eigenvalue weighted by atomic mass is 16.5. The molecule has 2 aromatic rings. The van der Waals surface area contributed by atoms with Crippen LogP contribution < -0.4 is 15.2 Å². The predicted octanol–water partition coefficient (Wildman–Crippen LogP) is 2.45. The van der Waals surface area contributed by atoms with E-state index in [1.165, 1.54) is 0 Å². The summed E-state index contributed by atoms with van der Waals surface area (Å²) in [5.74, 6) is 1.74. The fourth-order valence-electron chi connectivity index (χ4n) is 3.13. The molecule has 1 aliphatic rings. The molecule has 0 amide bonds. The van der Waals surface area contributed by atoms with E-state index < -0.39 is 0 Å². The van der Waals surface area contributed by atoms with Gasteiger partial charge in [-0.05, 0) is 32.0 Å². The zero-order valence-electron chi connectivity index (χ0n) is 14.4. The number of morpholine rings is 1. The van der Waals surface area contributed by atoms with Gasteiger partial charge in [-0.3, -0.25) is 9.36 Å². The van der Waals surface area contributed by atoms with Crippen LogP contribution >= 0.6 is 0 Å². The van der Waals surface area contributed by atoms with Crippen molar-refractivity contribution in [2.75, 3.05) is 24.6 Å². The quantitative estimate of drug-likeness (QED) is 0.865. The molecule has 2 heterocycles. The Hall–Kier alpha value is -2.27. The zero-order valence-corrected chi connectivity index (χ0v) is 14.4. The summed E-state index contributed by atoms with van der Waals surface area (Å²) in [5, 5.41) is 0. The number of benzene rings is 1. The highest BCUT2D eigenvalue weighted by molar-refractivity contribution is 5.40. The van der Waals surface area contributed by atoms with Crippen molar-refractivity contribution in [3.8, 4) is 5.75 Å². The Bertz CT molecular complexity index is 740. The molecule has 0 saturated carbocycles. The fourth-order valence-corrected chi connectivity index (χ4v) is 3.13. The molecule has 5 heteroatoms. The Balaban J connectivity index is 1.75. The number of hydrogen-bond donors (Lipinski definition) is 0. The monoisotopic (exact) mass is 328 g/mol. The molecule has 0 aliphatic carbocycles. The van der Waals surface area contributed by atoms with Gasteiger partial charge in [0.25, 0.3) is 5.56 Å². The third kappa shape index (κ3) is 3.79. The van der Waals surface area contributed by atoms with Crippen molar-refractivity contribution in [2.45, 2.75) is 25.6 Å². The summed E-state index contributed by atoms with van der Waals surface area (Å²) in [7, 11) is 1.80. The summed E-state index contributed by atoms with van der Waals surface area (Å²) in [6.45, 7) is 6.02. The van der Waals surface area contributed by atoms with Crippen LogP contribution in [0.3, 0.4) is 0 Å². The molecule has 1 aliphatic heterocycles. The molecule has 128 valence electrons. The van der Waals surface area contributed by atoms with Crippen molar-refractivity contribution in [3.63, 3.8) is 0 Å². The zero-order chi connectivity index (χ0) is 17.2. The van der Waals surface area contributed by atoms with E-state index in [0.29, 0.717) is 13.2 Å². The van der Waals surface area contributed by atoms with Crippen LogP contribution in [0.25, 0.3) is 0 Å². The molecule has 1 fully saturated rings. The topological polar surface area (TPSA) is 43.7 Å². The molecule has 5 nitrogen and oxygen atoms in total. The maximum atomic E-state index is 11.9. The van der Waals surface area contributed by atoms with Gasteiger partial charge in [0.05, 0.1) is 5.60 Å². The van der Waals surface area contributed by atoms with Crippen LogP contribution in [0.2, 0.25) is 0 Å². The van der Waals surface area contributed by atoms with E-state index in [1.807, 2.05) is 36.4 Å². The SMILES string of the molecule is Cn1c(N2CC(COc3ccccc3)OC(C)(C)C2)cccc1=O. The van der Waals surface area contributed by atoms with Crippen LogP contribution in [0.4, 0.5) is 5.82 Å². The fraction of sp³-hybridized carbons (Fsp3) is 0.421. The van der Waals surface area contributed by atoms with E-state index >= 15 is 0 Å². The van der Waals surface area contributed by atoms with Crippen molar-refractivity contribution in [1.29, 1.82) is 0 Å². The van der Waals surface area contributed by atoms with Gasteiger partial charge in [-0.2, -0.15) is 0 Å². The maximum absolute atomic E-state index is 11.9. The highest BCUT2D eigenvalue weighted by Gasteiger charge is 2.34. The van der Waals surface area contributed by atoms with Crippen molar-refractivity contribution in [2.24, 2.45) is 7.05 Å². The lowest BCUT2D eigenvalue weighted by Gasteiger charge is -2.44. The molecule has 0 bridgehead atoms. The van der Waals surface area contributed by atoms with Gasteiger partial charge in [-0.25, -0.2) is 0 Å². The van der Waals surface area contributed by atoms with Crippen molar-refractivity contribution in [3.05, 3.63) is 58.9 Å². The summed E-state index contributed by atoms with van der Waals surface area (Å²) in [5.41, 5.74) is -0.316. The largest absolute Gasteiger partial charge is 0.491 e. The van der Waals surface area contributed by atoms with Crippen molar-refractivity contribution < 1.29 is 9.47 Å². The number of para-hydroxylation sites is 1. The molecule has 0 N–H and O–H groups in total. The number of aromatic nitrogens is 1. The van der Waals surface area contributed by atoms with E-state index in [2.05, 4.69) is 18.7 Å². The van der Waals surface area contributed by atoms with Crippen LogP contribution in [0.1, 0.15) is 13.8 Å². The molecule has 1 atom stereocenters. The first kappa shape index (κ1) is 16.6. The second-order valence-electron chi connectivity index (χ2n) is 6.79. The smallest absolute Gasteiger partial charge is 0.251 e. The Morgan fingerprint density at radius 3 is 2.67 bits per heavy atom. The lowest BCUT2D eigenvalue weighted by atomic mass is 10.1. The molecule has 3 rings (SSSR count). The summed E-state index contributed by atoms with van der Waals surface area (Å²) < 4.78 is 13.7. The third-order valence-electron chi connectivity index (χ3n) is 4.14. The highest BCUT2D eigenvalue weighted by Crippen LogP contribution is 2.25. The Morgan fingerprint density at radius 2 is 1.92 bits per heavy atom. The van der Waals surface area contributed by atoms with E-state index in [1.54, 1.807) is 23.7 Å². The van der Waals surface area contributed by atoms with Gasteiger partial charge in [0.15, 0.2) is 0 Å². The summed E-state index contributed by atoms with van der Waals surface area (Å²) in [6.07, 6.45) is -0.0655. The maximum Gasteiger partial charge on any atom is 0.251 e. The normalized spacial score (nSPS) is 20.0. The average Bonchev–Trinajstić information content (AvgIpc) is 2.55. The predicted molar refractivity (Wildman–Crippen MR) is 94.8 cm³/mol. The number of rotatable bonds is 4. The van der Waals surface area contributed by atoms with E-state index in [0.717, 1.165) is 18.1 Å². The minimum atomic E-state index is -0.311. The first-order valence-corrected chi connectivity index (χ1v) is 8.21. The van der Waals surface area contributed by atoms with Crippen LogP contribution in [-0.2, 0) is 11.8 Å². The lowest BCUT2D eigenvalue weighted by molar-refractivity contribution is -0.0973. The Kier molecular flexibility index (Phi) is 4.62. The number of hydrogen-bond acceptors (Lipinski definition) is 4. The van der Waals surface area contributed by atoms with Gasteiger partial charge >= 0.3 is 0 Å². The molecule has 0 spiro atoms. The van der Waals surface area contributed by atoms with Gasteiger partial charge in [0.2, 0.25) is 0 Å². The van der Waals surface area contributed by atoms with E-state index in [4.69, 9.17) is 9.47 Å². The second-order valence-corrected chi connectivity index (χ2v) is 6.79. The molecule has 0 radical (unpaired) electrons. The number of nitrogens with zero attached hydrogens (tertiary/aromatic N) is 2. The van der Waals surface area contributed by atoms with Crippen molar-refractivity contribution >= 4 is 5.82 Å². The van der Waals surface area contributed by atoms with Crippen LogP contribution in [0, 0.1) is 0 Å². The molecule has 1 aromatic heterocycles. The van der Waals surface area contributed by atoms with Crippen LogP contribution in [0.15, 0.2) is 53.3 Å². The second kappa shape index (κ2) is 6.69. The first-order valence-electron chi connectivity index (χ1n) is 8.21. The molecule has 1 aromatic carbocycles. The van der Waals surface area contributed by atoms with E-state index in [9.17, 15) is 4.79 Å². The minimum absolute atomic E-state index is 0.00566. The lowest BCUT2D eigenvalue weighted by Crippen LogP contribution is -2.55. The third-order valence-corrected chi connectivity index (χ3v) is 4.14. The van der Waals surface area contributed by atoms with E-state index in [-0.39, 0.29) is 17.3 Å². The molecule has 1 saturated heterocycles. The average molecular weight is 328 g/mol. The standard InChI is InChI=1S/C19H24N2O3/c1-19(2)14-21(17-10-7-11-18(22)20(17)3)12-16(24-19)13-23-15-8-5-4-6-9-15/h4-11,16H,12-14H2,1-3H3. The van der Waals surface area contributed by atoms with Crippen LogP contribution in [-0.4, -0.2) is 36.0 Å². The van der Waals surface area contributed by atoms with Gasteiger partial charge in [0.1, 0.15) is 24.3 Å². The Labute approximate surface area is 142 Å². The summed E-state index contributed by atoms with van der Waals surface area (Å²) in [4.78, 5) is 14.1. The molecule has 24 heavy (non-hydrogen) atoms. The number of ether oxygens (including phenoxy) is 2. The first-order chi connectivity index (χ1) is 11.4. The van der Waals surface area contributed by atoms with Gasteiger partial charge in [0, 0.05) is 26.2 Å². The molecular weight excluding hydrogens is 304 g/mol. The molecule has 1 unspecified atom stereocenters. The van der Waals surface area contributed by atoms with Gasteiger partial charge in [-0.15, -0.1) is 0 Å². The molecular formula is C19H24N2O3. The van der Waals surface area contributed by atoms with Gasteiger partial charge in [-0.1, -0.05) is 24.3 Å². The number of pyridine rings is 1. The van der Waals surface area contributed by atoms with Gasteiger partial charge < -0.3 is 14.4 Å². The summed E-state index contributed by atoms with van der Waals surface area (Å²) >= 11 is 0. The minimum Gasteiger partial charge on any atom is -0.491 e. The van der Waals surface area contributed by atoms with Crippen molar-refractivity contribution in [1.82, 2.24) is 4.57 Å². The summed E-state index contributed by atoms with van der Waals surface area (Å²) in [6, 6.07) is 15.1. The van der Waals surface area contributed by atoms with Crippen LogP contribution in [0.5, 0.6) is 5.75 Å². The Morgan fingerprint density at radius 1 is 1.17 bits per heavy atom. The number of anilines is 1.